The minimum atomic E-state index is 0.687. The van der Waals surface area contributed by atoms with Crippen molar-refractivity contribution in [1.82, 2.24) is 9.97 Å². The van der Waals surface area contributed by atoms with E-state index >= 15 is 0 Å². The van der Waals surface area contributed by atoms with E-state index in [9.17, 15) is 0 Å². The lowest BCUT2D eigenvalue weighted by atomic mass is 10.4. The van der Waals surface area contributed by atoms with E-state index in [0.29, 0.717) is 6.54 Å². The van der Waals surface area contributed by atoms with Crippen LogP contribution in [0.3, 0.4) is 0 Å². The topological polar surface area (TPSA) is 51.8 Å². The first-order valence-corrected chi connectivity index (χ1v) is 4.86. The zero-order valence-corrected chi connectivity index (χ0v) is 8.19. The Balaban J connectivity index is 2.72. The van der Waals surface area contributed by atoms with E-state index in [0.717, 1.165) is 22.3 Å². The van der Waals surface area contributed by atoms with Crippen molar-refractivity contribution < 1.29 is 0 Å². The number of nitrogens with two attached hydrogens (primary N) is 1. The summed E-state index contributed by atoms with van der Waals surface area (Å²) in [5.41, 5.74) is 6.40. The molecule has 0 radical (unpaired) electrons. The van der Waals surface area contributed by atoms with Crippen molar-refractivity contribution >= 4 is 11.8 Å². The van der Waals surface area contributed by atoms with Gasteiger partial charge in [0.25, 0.3) is 0 Å². The molecule has 1 rings (SSSR count). The summed E-state index contributed by atoms with van der Waals surface area (Å²) in [5.74, 6) is 1.74. The van der Waals surface area contributed by atoms with Crippen LogP contribution in [0.25, 0.3) is 0 Å². The lowest BCUT2D eigenvalue weighted by molar-refractivity contribution is 0.935. The van der Waals surface area contributed by atoms with Gasteiger partial charge in [-0.1, -0.05) is 0 Å². The van der Waals surface area contributed by atoms with Crippen molar-refractivity contribution in [2.45, 2.75) is 18.9 Å². The second kappa shape index (κ2) is 4.42. The fraction of sp³-hybridized carbons (Fsp3) is 0.500. The number of aromatic nitrogens is 2. The van der Waals surface area contributed by atoms with Crippen LogP contribution >= 0.6 is 11.8 Å². The Bertz CT molecular complexity index is 242. The molecule has 0 fully saturated rings. The zero-order chi connectivity index (χ0) is 8.97. The molecule has 0 aromatic carbocycles. The van der Waals surface area contributed by atoms with Crippen LogP contribution in [0.1, 0.15) is 11.5 Å². The summed E-state index contributed by atoms with van der Waals surface area (Å²) in [6.45, 7) is 4.56. The summed E-state index contributed by atoms with van der Waals surface area (Å²) in [6, 6.07) is 1.98. The number of aryl methyl sites for hydroxylation is 2. The predicted octanol–water partition coefficient (Wildman–Crippen LogP) is 1.14. The summed E-state index contributed by atoms with van der Waals surface area (Å²) in [6.07, 6.45) is 0. The van der Waals surface area contributed by atoms with Gasteiger partial charge in [0.15, 0.2) is 0 Å². The normalized spacial score (nSPS) is 10.2. The van der Waals surface area contributed by atoms with Crippen LogP contribution in [-0.2, 0) is 0 Å². The smallest absolute Gasteiger partial charge is 0.126 e. The van der Waals surface area contributed by atoms with Gasteiger partial charge in [-0.15, -0.1) is 11.8 Å². The highest BCUT2D eigenvalue weighted by Crippen LogP contribution is 2.14. The average molecular weight is 183 g/mol. The van der Waals surface area contributed by atoms with E-state index in [2.05, 4.69) is 9.97 Å². The van der Waals surface area contributed by atoms with Gasteiger partial charge in [-0.3, -0.25) is 0 Å². The van der Waals surface area contributed by atoms with Crippen molar-refractivity contribution in [2.24, 2.45) is 5.73 Å². The van der Waals surface area contributed by atoms with Gasteiger partial charge in [-0.25, -0.2) is 9.97 Å². The maximum absolute atomic E-state index is 5.39. The predicted molar refractivity (Wildman–Crippen MR) is 51.3 cm³/mol. The van der Waals surface area contributed by atoms with Gasteiger partial charge in [0, 0.05) is 18.0 Å². The Morgan fingerprint density at radius 1 is 1.42 bits per heavy atom. The van der Waals surface area contributed by atoms with E-state index in [-0.39, 0.29) is 0 Å². The number of hydrogen-bond acceptors (Lipinski definition) is 4. The average Bonchev–Trinajstić information content (AvgIpc) is 1.99. The molecule has 1 aromatic rings. The Labute approximate surface area is 76.8 Å². The Morgan fingerprint density at radius 2 is 2.17 bits per heavy atom. The van der Waals surface area contributed by atoms with Crippen LogP contribution < -0.4 is 5.73 Å². The highest BCUT2D eigenvalue weighted by Gasteiger charge is 1.97. The molecule has 66 valence electrons. The number of hydrogen-bond donors (Lipinski definition) is 1. The molecule has 0 saturated heterocycles. The molecule has 0 aliphatic carbocycles. The molecule has 0 atom stereocenters. The second-order valence-corrected chi connectivity index (χ2v) is 3.65. The first-order valence-electron chi connectivity index (χ1n) is 3.87. The quantitative estimate of drug-likeness (QED) is 0.564. The molecule has 2 N–H and O–H groups in total. The van der Waals surface area contributed by atoms with Crippen LogP contribution in [0.15, 0.2) is 11.1 Å². The fourth-order valence-corrected chi connectivity index (χ4v) is 1.70. The van der Waals surface area contributed by atoms with Gasteiger partial charge in [0.1, 0.15) is 5.82 Å². The van der Waals surface area contributed by atoms with Crippen LogP contribution in [0, 0.1) is 13.8 Å². The Kier molecular flexibility index (Phi) is 3.49. The second-order valence-electron chi connectivity index (χ2n) is 2.53. The number of nitrogens with zero attached hydrogens (tertiary/aromatic N) is 2. The van der Waals surface area contributed by atoms with Crippen molar-refractivity contribution in [3.05, 3.63) is 17.6 Å². The maximum atomic E-state index is 5.39. The number of rotatable bonds is 3. The fourth-order valence-electron chi connectivity index (χ4n) is 0.920. The third-order valence-corrected chi connectivity index (χ3v) is 2.26. The molecule has 0 aliphatic rings. The van der Waals surface area contributed by atoms with Crippen molar-refractivity contribution in [1.29, 1.82) is 0 Å². The van der Waals surface area contributed by atoms with E-state index in [1.165, 1.54) is 0 Å². The van der Waals surface area contributed by atoms with E-state index in [4.69, 9.17) is 5.73 Å². The molecule has 1 heterocycles. The van der Waals surface area contributed by atoms with Gasteiger partial charge in [0.2, 0.25) is 0 Å². The molecule has 1 aromatic heterocycles. The highest BCUT2D eigenvalue weighted by molar-refractivity contribution is 7.99. The molecule has 0 saturated carbocycles. The third kappa shape index (κ3) is 2.79. The third-order valence-electron chi connectivity index (χ3n) is 1.31. The minimum Gasteiger partial charge on any atom is -0.330 e. The lowest BCUT2D eigenvalue weighted by Crippen LogP contribution is -2.02. The van der Waals surface area contributed by atoms with Gasteiger partial charge in [0.05, 0.1) is 5.03 Å². The van der Waals surface area contributed by atoms with Crippen molar-refractivity contribution in [2.75, 3.05) is 12.3 Å². The first kappa shape index (κ1) is 9.48. The molecule has 4 heteroatoms. The first-order chi connectivity index (χ1) is 5.72. The van der Waals surface area contributed by atoms with Gasteiger partial charge in [-0.2, -0.15) is 0 Å². The van der Waals surface area contributed by atoms with Crippen LogP contribution in [0.5, 0.6) is 0 Å². The van der Waals surface area contributed by atoms with Crippen LogP contribution in [-0.4, -0.2) is 22.3 Å². The Hall–Kier alpha value is -0.610. The molecule has 0 unspecified atom stereocenters. The molecule has 0 amide bonds. The number of thioether (sulfide) groups is 1. The minimum absolute atomic E-state index is 0.687. The van der Waals surface area contributed by atoms with Gasteiger partial charge >= 0.3 is 0 Å². The van der Waals surface area contributed by atoms with Crippen molar-refractivity contribution in [3.8, 4) is 0 Å². The molecule has 0 spiro atoms. The lowest BCUT2D eigenvalue weighted by Gasteiger charge is -2.01. The Morgan fingerprint density at radius 3 is 2.75 bits per heavy atom. The van der Waals surface area contributed by atoms with Crippen LogP contribution in [0.2, 0.25) is 0 Å². The largest absolute Gasteiger partial charge is 0.330 e. The molecule has 0 aliphatic heterocycles. The van der Waals surface area contributed by atoms with Crippen LogP contribution in [0.4, 0.5) is 0 Å². The van der Waals surface area contributed by atoms with E-state index < -0.39 is 0 Å². The monoisotopic (exact) mass is 183 g/mol. The highest BCUT2D eigenvalue weighted by atomic mass is 32.2. The molecular formula is C8H13N3S. The summed E-state index contributed by atoms with van der Waals surface area (Å²) >= 11 is 1.67. The van der Waals surface area contributed by atoms with Gasteiger partial charge in [-0.05, 0) is 19.9 Å². The summed E-state index contributed by atoms with van der Waals surface area (Å²) in [5, 5.41) is 1.02. The molecule has 0 bridgehead atoms. The maximum Gasteiger partial charge on any atom is 0.126 e. The van der Waals surface area contributed by atoms with E-state index in [1.807, 2.05) is 19.9 Å². The summed E-state index contributed by atoms with van der Waals surface area (Å²) < 4.78 is 0. The van der Waals surface area contributed by atoms with Crippen molar-refractivity contribution in [3.63, 3.8) is 0 Å². The SMILES string of the molecule is Cc1cc(SCCN)nc(C)n1. The standard InChI is InChI=1S/C8H13N3S/c1-6-5-8(12-4-3-9)11-7(2)10-6/h5H,3-4,9H2,1-2H3. The summed E-state index contributed by atoms with van der Waals surface area (Å²) in [7, 11) is 0. The summed E-state index contributed by atoms with van der Waals surface area (Å²) in [4.78, 5) is 8.45. The van der Waals surface area contributed by atoms with E-state index in [1.54, 1.807) is 11.8 Å². The zero-order valence-electron chi connectivity index (χ0n) is 7.37. The molecule has 3 nitrogen and oxygen atoms in total. The molecular weight excluding hydrogens is 170 g/mol. The molecule has 12 heavy (non-hydrogen) atoms. The van der Waals surface area contributed by atoms with Gasteiger partial charge < -0.3 is 5.73 Å².